The number of nitrogens with zero attached hydrogens (tertiary/aromatic N) is 2. The van der Waals surface area contributed by atoms with Crippen LogP contribution in [0.4, 0.5) is 0 Å². The van der Waals surface area contributed by atoms with Crippen LogP contribution < -0.4 is 4.74 Å². The van der Waals surface area contributed by atoms with E-state index in [2.05, 4.69) is 9.97 Å². The number of carbonyl (C=O) groups is 4. The molecule has 10 nitrogen and oxygen atoms in total. The van der Waals surface area contributed by atoms with Gasteiger partial charge in [-0.15, -0.1) is 0 Å². The summed E-state index contributed by atoms with van der Waals surface area (Å²) in [5, 5.41) is 28.6. The number of hydrogen-bond donors (Lipinski definition) is 3. The fourth-order valence-electron chi connectivity index (χ4n) is 3.34. The molecule has 0 unspecified atom stereocenters. The smallest absolute Gasteiger partial charge is 0.335 e. The minimum absolute atomic E-state index is 0.0280. The summed E-state index contributed by atoms with van der Waals surface area (Å²) in [7, 11) is 0. The fourth-order valence-corrected chi connectivity index (χ4v) is 3.34. The van der Waals surface area contributed by atoms with Crippen molar-refractivity contribution in [1.82, 2.24) is 9.97 Å². The van der Waals surface area contributed by atoms with Crippen LogP contribution in [0, 0.1) is 0 Å². The molecule has 0 radical (unpaired) electrons. The number of aromatic carboxylic acids is 3. The molecule has 168 valence electrons. The fraction of sp³-hybridized carbons (Fsp3) is 0. The molecule has 2 aromatic heterocycles. The van der Waals surface area contributed by atoms with Gasteiger partial charge in [0, 0.05) is 16.5 Å². The molecule has 0 spiro atoms. The van der Waals surface area contributed by atoms with Gasteiger partial charge >= 0.3 is 17.9 Å². The zero-order chi connectivity index (χ0) is 24.4. The van der Waals surface area contributed by atoms with Crippen molar-refractivity contribution in [1.29, 1.82) is 0 Å². The molecular weight excluding hydrogens is 444 g/mol. The van der Waals surface area contributed by atoms with Crippen molar-refractivity contribution in [2.24, 2.45) is 0 Å². The first-order valence-electron chi connectivity index (χ1n) is 9.64. The maximum atomic E-state index is 11.4. The van der Waals surface area contributed by atoms with Gasteiger partial charge in [-0.1, -0.05) is 0 Å². The maximum absolute atomic E-state index is 11.4. The molecule has 10 heteroatoms. The minimum Gasteiger partial charge on any atom is -0.478 e. The van der Waals surface area contributed by atoms with Gasteiger partial charge in [-0.2, -0.15) is 0 Å². The van der Waals surface area contributed by atoms with E-state index in [9.17, 15) is 34.5 Å². The van der Waals surface area contributed by atoms with Gasteiger partial charge in [0.1, 0.15) is 5.75 Å². The Balaban J connectivity index is 1.84. The number of carboxylic acid groups (broad SMARTS) is 3. The number of pyridine rings is 2. The molecule has 34 heavy (non-hydrogen) atoms. The zero-order valence-electron chi connectivity index (χ0n) is 17.1. The molecule has 0 fully saturated rings. The van der Waals surface area contributed by atoms with E-state index in [1.165, 1.54) is 30.3 Å². The molecule has 0 saturated heterocycles. The number of carboxylic acids is 3. The van der Waals surface area contributed by atoms with Gasteiger partial charge in [-0.3, -0.25) is 4.79 Å². The monoisotopic (exact) mass is 458 g/mol. The quantitative estimate of drug-likeness (QED) is 0.349. The lowest BCUT2D eigenvalue weighted by molar-refractivity contribution is -0.120. The van der Waals surface area contributed by atoms with E-state index in [4.69, 9.17) is 4.74 Å². The third-order valence-corrected chi connectivity index (χ3v) is 4.91. The molecule has 0 amide bonds. The van der Waals surface area contributed by atoms with Crippen LogP contribution in [0.3, 0.4) is 0 Å². The Morgan fingerprint density at radius 1 is 0.676 bits per heavy atom. The third kappa shape index (κ3) is 4.41. The number of hydrogen-bond acceptors (Lipinski definition) is 7. The van der Waals surface area contributed by atoms with Gasteiger partial charge < -0.3 is 20.1 Å². The highest BCUT2D eigenvalue weighted by atomic mass is 16.5. The average molecular weight is 458 g/mol. The Kier molecular flexibility index (Phi) is 5.71. The van der Waals surface area contributed by atoms with E-state index in [0.717, 1.165) is 6.07 Å². The first-order chi connectivity index (χ1) is 16.2. The van der Waals surface area contributed by atoms with Gasteiger partial charge in [0.2, 0.25) is 0 Å². The second-order valence-corrected chi connectivity index (χ2v) is 7.11. The number of ether oxygens (including phenoxy) is 1. The van der Waals surface area contributed by atoms with Crippen LogP contribution in [0.15, 0.2) is 60.7 Å². The normalized spacial score (nSPS) is 10.6. The Morgan fingerprint density at radius 3 is 1.62 bits per heavy atom. The predicted molar refractivity (Wildman–Crippen MR) is 118 cm³/mol. The van der Waals surface area contributed by atoms with E-state index in [1.54, 1.807) is 24.3 Å². The van der Waals surface area contributed by atoms with Crippen LogP contribution in [0.1, 0.15) is 31.1 Å². The number of carbonyl (C=O) groups excluding carboxylic acids is 1. The first-order valence-corrected chi connectivity index (χ1v) is 9.64. The molecule has 0 saturated carbocycles. The second kappa shape index (κ2) is 8.79. The van der Waals surface area contributed by atoms with Crippen LogP contribution >= 0.6 is 0 Å². The molecule has 0 aliphatic heterocycles. The van der Waals surface area contributed by atoms with E-state index < -0.39 is 17.9 Å². The summed E-state index contributed by atoms with van der Waals surface area (Å²) < 4.78 is 4.80. The topological polar surface area (TPSA) is 164 Å². The summed E-state index contributed by atoms with van der Waals surface area (Å²) >= 11 is 0. The molecule has 0 bridgehead atoms. The predicted octanol–water partition coefficient (Wildman–Crippen LogP) is 3.59. The van der Waals surface area contributed by atoms with Crippen molar-refractivity contribution < 1.29 is 39.2 Å². The molecule has 0 aliphatic rings. The molecule has 0 atom stereocenters. The molecular formula is C24H14N2O8. The molecule has 2 heterocycles. The molecule has 2 aromatic carbocycles. The number of aromatic nitrogens is 2. The summed E-state index contributed by atoms with van der Waals surface area (Å²) in [6.45, 7) is 0.184. The highest BCUT2D eigenvalue weighted by Gasteiger charge is 2.15. The number of rotatable bonds is 7. The summed E-state index contributed by atoms with van der Waals surface area (Å²) in [6, 6.07) is 14.4. The van der Waals surface area contributed by atoms with Crippen LogP contribution in [0.5, 0.6) is 5.75 Å². The highest BCUT2D eigenvalue weighted by Crippen LogP contribution is 2.28. The van der Waals surface area contributed by atoms with Gasteiger partial charge in [-0.05, 0) is 60.7 Å². The van der Waals surface area contributed by atoms with E-state index >= 15 is 0 Å². The van der Waals surface area contributed by atoms with Crippen LogP contribution in [-0.4, -0.2) is 49.7 Å². The average Bonchev–Trinajstić information content (AvgIpc) is 2.83. The van der Waals surface area contributed by atoms with Gasteiger partial charge in [0.05, 0.1) is 28.1 Å². The van der Waals surface area contributed by atoms with Gasteiger partial charge in [0.25, 0.3) is 6.47 Å². The summed E-state index contributed by atoms with van der Waals surface area (Å²) in [5.41, 5.74) is 1.04. The Labute approximate surface area is 190 Å². The summed E-state index contributed by atoms with van der Waals surface area (Å²) in [5.74, 6) is -3.75. The van der Waals surface area contributed by atoms with Crippen molar-refractivity contribution in [3.63, 3.8) is 0 Å². The first kappa shape index (κ1) is 22.1. The molecule has 3 N–H and O–H groups in total. The lowest BCUT2D eigenvalue weighted by Crippen LogP contribution is -2.03. The van der Waals surface area contributed by atoms with Gasteiger partial charge in [-0.25, -0.2) is 24.4 Å². The second-order valence-electron chi connectivity index (χ2n) is 7.11. The van der Waals surface area contributed by atoms with Crippen molar-refractivity contribution in [3.05, 3.63) is 77.4 Å². The maximum Gasteiger partial charge on any atom is 0.335 e. The minimum atomic E-state index is -1.28. The SMILES string of the molecule is O=COc1cc(C(=O)O)cc(-c2ccc3ccc(-c4cc(C(=O)O)cc(C(=O)O)c4)nc3n2)c1. The van der Waals surface area contributed by atoms with Crippen LogP contribution in [-0.2, 0) is 4.79 Å². The summed E-state index contributed by atoms with van der Waals surface area (Å²) in [4.78, 5) is 53.9. The van der Waals surface area contributed by atoms with Crippen molar-refractivity contribution in [3.8, 4) is 28.3 Å². The number of benzene rings is 2. The lowest BCUT2D eigenvalue weighted by Gasteiger charge is -2.09. The van der Waals surface area contributed by atoms with Crippen LogP contribution in [0.25, 0.3) is 33.5 Å². The highest BCUT2D eigenvalue weighted by molar-refractivity contribution is 5.96. The Hall–Kier alpha value is -5.12. The molecule has 4 aromatic rings. The van der Waals surface area contributed by atoms with Crippen molar-refractivity contribution in [2.45, 2.75) is 0 Å². The van der Waals surface area contributed by atoms with Crippen molar-refractivity contribution >= 4 is 35.4 Å². The molecule has 4 rings (SSSR count). The standard InChI is InChI=1S/C24H14N2O8/c27-11-34-18-9-14(7-17(10-18)24(32)33)20-4-2-12-1-3-19(25-21(12)26-20)13-5-15(22(28)29)8-16(6-13)23(30)31/h1-11H,(H,28,29)(H,30,31)(H,32,33). The lowest BCUT2D eigenvalue weighted by atomic mass is 10.0. The Morgan fingerprint density at radius 2 is 1.15 bits per heavy atom. The van der Waals surface area contributed by atoms with E-state index in [-0.39, 0.29) is 40.1 Å². The van der Waals surface area contributed by atoms with E-state index in [1.807, 2.05) is 0 Å². The summed E-state index contributed by atoms with van der Waals surface area (Å²) in [6.07, 6.45) is 0. The molecule has 0 aliphatic carbocycles. The number of fused-ring (bicyclic) bond motifs is 1. The Bertz CT molecular complexity index is 1460. The van der Waals surface area contributed by atoms with Gasteiger partial charge in [0.15, 0.2) is 5.65 Å². The van der Waals surface area contributed by atoms with Crippen molar-refractivity contribution in [2.75, 3.05) is 0 Å². The van der Waals surface area contributed by atoms with Crippen LogP contribution in [0.2, 0.25) is 0 Å². The zero-order valence-corrected chi connectivity index (χ0v) is 17.1. The van der Waals surface area contributed by atoms with E-state index in [0.29, 0.717) is 22.3 Å². The largest absolute Gasteiger partial charge is 0.478 e. The third-order valence-electron chi connectivity index (χ3n) is 4.91.